The normalized spacial score (nSPS) is 33.7. The number of nitrogens with one attached hydrogen (secondary N) is 1. The molecule has 2 heterocycles. The number of hydrogen-bond donors (Lipinski definition) is 2. The highest BCUT2D eigenvalue weighted by Gasteiger charge is 2.32. The second kappa shape index (κ2) is 4.49. The van der Waals surface area contributed by atoms with Gasteiger partial charge in [-0.3, -0.25) is 4.79 Å². The van der Waals surface area contributed by atoms with Crippen LogP contribution in [0.2, 0.25) is 0 Å². The van der Waals surface area contributed by atoms with Crippen molar-refractivity contribution in [2.75, 3.05) is 13.1 Å². The monoisotopic (exact) mass is 211 g/mol. The van der Waals surface area contributed by atoms with Gasteiger partial charge in [-0.2, -0.15) is 0 Å². The van der Waals surface area contributed by atoms with Crippen molar-refractivity contribution >= 4 is 5.91 Å². The van der Waals surface area contributed by atoms with Crippen molar-refractivity contribution < 1.29 is 4.79 Å². The third-order valence-corrected chi connectivity index (χ3v) is 3.73. The molecule has 4 heteroatoms. The van der Waals surface area contributed by atoms with Crippen LogP contribution in [0.4, 0.5) is 0 Å². The SMILES string of the molecule is CC(NC1CCN2CCCC2C1)C(N)=O. The maximum absolute atomic E-state index is 11.0. The minimum absolute atomic E-state index is 0.192. The van der Waals surface area contributed by atoms with Crippen LogP contribution >= 0.6 is 0 Å². The van der Waals surface area contributed by atoms with Crippen molar-refractivity contribution in [1.82, 2.24) is 10.2 Å². The van der Waals surface area contributed by atoms with Crippen molar-refractivity contribution in [3.05, 3.63) is 0 Å². The van der Waals surface area contributed by atoms with E-state index in [1.165, 1.54) is 32.4 Å². The molecule has 0 spiro atoms. The van der Waals surface area contributed by atoms with E-state index in [4.69, 9.17) is 5.73 Å². The summed E-state index contributed by atoms with van der Waals surface area (Å²) >= 11 is 0. The van der Waals surface area contributed by atoms with Crippen molar-refractivity contribution in [3.63, 3.8) is 0 Å². The van der Waals surface area contributed by atoms with Gasteiger partial charge in [0.15, 0.2) is 0 Å². The lowest BCUT2D eigenvalue weighted by atomic mass is 9.97. The van der Waals surface area contributed by atoms with Gasteiger partial charge in [0, 0.05) is 12.1 Å². The standard InChI is InChI=1S/C11H21N3O/c1-8(11(12)15)13-9-4-6-14-5-2-3-10(14)7-9/h8-10,13H,2-7H2,1H3,(H2,12,15). The van der Waals surface area contributed by atoms with E-state index in [0.717, 1.165) is 12.5 Å². The van der Waals surface area contributed by atoms with Gasteiger partial charge in [-0.1, -0.05) is 0 Å². The molecule has 2 fully saturated rings. The Morgan fingerprint density at radius 1 is 1.47 bits per heavy atom. The molecular weight excluding hydrogens is 190 g/mol. The zero-order chi connectivity index (χ0) is 10.8. The average Bonchev–Trinajstić information content (AvgIpc) is 2.64. The summed E-state index contributed by atoms with van der Waals surface area (Å²) in [4.78, 5) is 13.5. The number of carbonyl (C=O) groups is 1. The number of hydrogen-bond acceptors (Lipinski definition) is 3. The first-order valence-corrected chi connectivity index (χ1v) is 5.96. The topological polar surface area (TPSA) is 58.4 Å². The molecule has 0 aromatic carbocycles. The highest BCUT2D eigenvalue weighted by Crippen LogP contribution is 2.26. The van der Waals surface area contributed by atoms with E-state index in [1.807, 2.05) is 6.92 Å². The summed E-state index contributed by atoms with van der Waals surface area (Å²) in [5, 5.41) is 3.33. The quantitative estimate of drug-likeness (QED) is 0.695. The molecule has 0 aliphatic carbocycles. The van der Waals surface area contributed by atoms with Gasteiger partial charge >= 0.3 is 0 Å². The number of nitrogens with two attached hydrogens (primary N) is 1. The fourth-order valence-corrected chi connectivity index (χ4v) is 2.81. The zero-order valence-electron chi connectivity index (χ0n) is 9.41. The summed E-state index contributed by atoms with van der Waals surface area (Å²) in [5.41, 5.74) is 5.25. The van der Waals surface area contributed by atoms with E-state index >= 15 is 0 Å². The van der Waals surface area contributed by atoms with Crippen LogP contribution in [0.5, 0.6) is 0 Å². The van der Waals surface area contributed by atoms with Crippen LogP contribution in [-0.2, 0) is 4.79 Å². The molecule has 3 atom stereocenters. The molecule has 2 aliphatic heterocycles. The third kappa shape index (κ3) is 2.49. The van der Waals surface area contributed by atoms with Crippen LogP contribution in [0.1, 0.15) is 32.6 Å². The van der Waals surface area contributed by atoms with Crippen molar-refractivity contribution in [2.24, 2.45) is 5.73 Å². The van der Waals surface area contributed by atoms with Gasteiger partial charge in [0.05, 0.1) is 6.04 Å². The van der Waals surface area contributed by atoms with Gasteiger partial charge in [0.2, 0.25) is 5.91 Å². The number of nitrogens with zero attached hydrogens (tertiary/aromatic N) is 1. The molecule has 2 aliphatic rings. The Morgan fingerprint density at radius 2 is 2.27 bits per heavy atom. The molecule has 15 heavy (non-hydrogen) atoms. The first-order chi connectivity index (χ1) is 7.16. The fraction of sp³-hybridized carbons (Fsp3) is 0.909. The predicted octanol–water partition coefficient (Wildman–Crippen LogP) is 0.0766. The number of carbonyl (C=O) groups excluding carboxylic acids is 1. The molecular formula is C11H21N3O. The predicted molar refractivity (Wildman–Crippen MR) is 59.4 cm³/mol. The minimum atomic E-state index is -0.246. The van der Waals surface area contributed by atoms with Crippen molar-refractivity contribution in [1.29, 1.82) is 0 Å². The number of piperidine rings is 1. The molecule has 2 rings (SSSR count). The molecule has 1 amide bonds. The number of primary amides is 1. The highest BCUT2D eigenvalue weighted by molar-refractivity contribution is 5.79. The first-order valence-electron chi connectivity index (χ1n) is 5.96. The van der Waals surface area contributed by atoms with E-state index in [9.17, 15) is 4.79 Å². The summed E-state index contributed by atoms with van der Waals surface area (Å²) in [5.74, 6) is -0.246. The average molecular weight is 211 g/mol. The van der Waals surface area contributed by atoms with Crippen molar-refractivity contribution in [2.45, 2.75) is 50.7 Å². The Hall–Kier alpha value is -0.610. The van der Waals surface area contributed by atoms with Crippen LogP contribution in [0.25, 0.3) is 0 Å². The summed E-state index contributed by atoms with van der Waals surface area (Å²) in [7, 11) is 0. The molecule has 0 aromatic rings. The van der Waals surface area contributed by atoms with E-state index in [-0.39, 0.29) is 11.9 Å². The lowest BCUT2D eigenvalue weighted by Gasteiger charge is -2.36. The van der Waals surface area contributed by atoms with Crippen molar-refractivity contribution in [3.8, 4) is 0 Å². The van der Waals surface area contributed by atoms with E-state index in [1.54, 1.807) is 0 Å². The smallest absolute Gasteiger partial charge is 0.234 e. The second-order valence-electron chi connectivity index (χ2n) is 4.84. The Labute approximate surface area is 91.2 Å². The Morgan fingerprint density at radius 3 is 3.00 bits per heavy atom. The van der Waals surface area contributed by atoms with E-state index in [0.29, 0.717) is 6.04 Å². The second-order valence-corrected chi connectivity index (χ2v) is 4.84. The first kappa shape index (κ1) is 10.9. The number of amides is 1. The number of rotatable bonds is 3. The van der Waals surface area contributed by atoms with E-state index < -0.39 is 0 Å². The van der Waals surface area contributed by atoms with Gasteiger partial charge in [-0.15, -0.1) is 0 Å². The van der Waals surface area contributed by atoms with Gasteiger partial charge in [0.25, 0.3) is 0 Å². The largest absolute Gasteiger partial charge is 0.368 e. The van der Waals surface area contributed by atoms with Crippen LogP contribution in [0, 0.1) is 0 Å². The maximum Gasteiger partial charge on any atom is 0.234 e. The van der Waals surface area contributed by atoms with Gasteiger partial charge in [-0.05, 0) is 45.7 Å². The summed E-state index contributed by atoms with van der Waals surface area (Å²) < 4.78 is 0. The van der Waals surface area contributed by atoms with Gasteiger partial charge in [-0.25, -0.2) is 0 Å². The maximum atomic E-state index is 11.0. The molecule has 3 N–H and O–H groups in total. The van der Waals surface area contributed by atoms with Crippen LogP contribution < -0.4 is 11.1 Å². The molecule has 0 radical (unpaired) electrons. The number of fused-ring (bicyclic) bond motifs is 1. The van der Waals surface area contributed by atoms with Crippen LogP contribution in [0.15, 0.2) is 0 Å². The molecule has 3 unspecified atom stereocenters. The third-order valence-electron chi connectivity index (χ3n) is 3.73. The lowest BCUT2D eigenvalue weighted by molar-refractivity contribution is -0.119. The molecule has 86 valence electrons. The molecule has 0 saturated carbocycles. The lowest BCUT2D eigenvalue weighted by Crippen LogP contribution is -2.51. The molecule has 2 saturated heterocycles. The van der Waals surface area contributed by atoms with Crippen LogP contribution in [-0.4, -0.2) is 42.0 Å². The van der Waals surface area contributed by atoms with Gasteiger partial charge in [0.1, 0.15) is 0 Å². The molecule has 4 nitrogen and oxygen atoms in total. The minimum Gasteiger partial charge on any atom is -0.368 e. The van der Waals surface area contributed by atoms with E-state index in [2.05, 4.69) is 10.2 Å². The van der Waals surface area contributed by atoms with Gasteiger partial charge < -0.3 is 16.0 Å². The molecule has 0 bridgehead atoms. The summed E-state index contributed by atoms with van der Waals surface area (Å²) in [6.45, 7) is 4.29. The summed E-state index contributed by atoms with van der Waals surface area (Å²) in [6, 6.07) is 1.03. The fourth-order valence-electron chi connectivity index (χ4n) is 2.81. The highest BCUT2D eigenvalue weighted by atomic mass is 16.1. The van der Waals surface area contributed by atoms with Crippen LogP contribution in [0.3, 0.4) is 0 Å². The zero-order valence-corrected chi connectivity index (χ0v) is 9.41. The Kier molecular flexibility index (Phi) is 3.26. The molecule has 0 aromatic heterocycles. The summed E-state index contributed by atoms with van der Waals surface area (Å²) in [6.07, 6.45) is 4.98. The Bertz CT molecular complexity index is 244. The Balaban J connectivity index is 1.82.